The van der Waals surface area contributed by atoms with Crippen molar-refractivity contribution in [2.75, 3.05) is 18.0 Å². The van der Waals surface area contributed by atoms with Crippen LogP contribution >= 0.6 is 11.6 Å². The second kappa shape index (κ2) is 14.5. The number of carboxylic acid groups (broad SMARTS) is 1. The van der Waals surface area contributed by atoms with Gasteiger partial charge in [-0.15, -0.1) is 5.73 Å². The Morgan fingerprint density at radius 2 is 1.57 bits per heavy atom. The van der Waals surface area contributed by atoms with Crippen molar-refractivity contribution >= 4 is 56.2 Å². The quantitative estimate of drug-likeness (QED) is 0.102. The number of allylic oxidation sites excluding steroid dienone is 5. The van der Waals surface area contributed by atoms with Crippen molar-refractivity contribution in [1.82, 2.24) is 0 Å². The van der Waals surface area contributed by atoms with Crippen LogP contribution < -0.4 is 17.3 Å². The number of rotatable bonds is 10. The fourth-order valence-corrected chi connectivity index (χ4v) is 9.11. The Bertz CT molecular complexity index is 2180. The number of unbranched alkanes of at least 4 members (excludes halogenated alkanes) is 2. The molecule has 0 bridgehead atoms. The molecule has 4 nitrogen and oxygen atoms in total. The third-order valence-corrected chi connectivity index (χ3v) is 11.8. The van der Waals surface area contributed by atoms with Gasteiger partial charge in [0, 0.05) is 52.7 Å². The summed E-state index contributed by atoms with van der Waals surface area (Å²) in [6.45, 7) is 13.3. The summed E-state index contributed by atoms with van der Waals surface area (Å²) in [5.41, 5.74) is 12.3. The Morgan fingerprint density at radius 3 is 2.25 bits per heavy atom. The highest BCUT2D eigenvalue weighted by atomic mass is 35.5. The summed E-state index contributed by atoms with van der Waals surface area (Å²) in [5, 5.41) is 15.2. The molecule has 0 radical (unpaired) electrons. The molecule has 7 rings (SSSR count). The van der Waals surface area contributed by atoms with Crippen LogP contribution in [0.3, 0.4) is 0 Å². The lowest BCUT2D eigenvalue weighted by molar-refractivity contribution is -0.433. The van der Waals surface area contributed by atoms with Crippen molar-refractivity contribution in [1.29, 1.82) is 0 Å². The molecule has 3 aliphatic rings. The van der Waals surface area contributed by atoms with E-state index in [2.05, 4.69) is 141 Å². The highest BCUT2D eigenvalue weighted by molar-refractivity contribution is 6.30. The summed E-state index contributed by atoms with van der Waals surface area (Å²) < 4.78 is 2.46. The van der Waals surface area contributed by atoms with E-state index in [4.69, 9.17) is 16.7 Å². The molecule has 0 saturated carbocycles. The van der Waals surface area contributed by atoms with E-state index in [9.17, 15) is 4.79 Å². The topological polar surface area (TPSA) is 43.5 Å². The molecule has 0 spiro atoms. The van der Waals surface area contributed by atoms with E-state index >= 15 is 0 Å². The minimum Gasteiger partial charge on any atom is -1.00 e. The maximum absolute atomic E-state index is 11.1. The van der Waals surface area contributed by atoms with Crippen molar-refractivity contribution < 1.29 is 26.9 Å². The zero-order valence-electron chi connectivity index (χ0n) is 30.4. The maximum Gasteiger partial charge on any atom is 0.303 e. The van der Waals surface area contributed by atoms with Crippen molar-refractivity contribution in [3.63, 3.8) is 0 Å². The van der Waals surface area contributed by atoms with E-state index < -0.39 is 5.97 Å². The second-order valence-corrected chi connectivity index (χ2v) is 15.5. The van der Waals surface area contributed by atoms with Crippen molar-refractivity contribution in [3.8, 4) is 0 Å². The number of benzene rings is 4. The first-order chi connectivity index (χ1) is 24.0. The van der Waals surface area contributed by atoms with E-state index in [1.54, 1.807) is 0 Å². The Balaban J connectivity index is 0.00000448. The fraction of sp³-hybridized carbons (Fsp3) is 0.356. The summed E-state index contributed by atoms with van der Waals surface area (Å²) in [6, 6.07) is 26.3. The molecule has 51 heavy (non-hydrogen) atoms. The number of anilines is 1. The number of halogens is 2. The van der Waals surface area contributed by atoms with E-state index in [-0.39, 0.29) is 35.6 Å². The third-order valence-electron chi connectivity index (χ3n) is 11.2. The molecule has 1 N–H and O–H groups in total. The average molecular weight is 720 g/mol. The molecular weight excluding hydrogens is 671 g/mol. The Hall–Kier alpha value is -4.08. The molecule has 2 heterocycles. The van der Waals surface area contributed by atoms with Crippen LogP contribution in [0.2, 0.25) is 0 Å². The third kappa shape index (κ3) is 6.48. The molecule has 1 atom stereocenters. The highest BCUT2D eigenvalue weighted by Crippen LogP contribution is 2.51. The van der Waals surface area contributed by atoms with Gasteiger partial charge >= 0.3 is 5.97 Å². The van der Waals surface area contributed by atoms with Gasteiger partial charge in [0.05, 0.1) is 11.1 Å². The maximum atomic E-state index is 11.1. The largest absolute Gasteiger partial charge is 1.00 e. The lowest BCUT2D eigenvalue weighted by Crippen LogP contribution is -3.00. The Kier molecular flexibility index (Phi) is 10.4. The van der Waals surface area contributed by atoms with Gasteiger partial charge in [-0.1, -0.05) is 78.7 Å². The second-order valence-electron chi connectivity index (χ2n) is 15.1. The minimum absolute atomic E-state index is 0. The summed E-state index contributed by atoms with van der Waals surface area (Å²) in [5.74, 6) is -0.613. The van der Waals surface area contributed by atoms with Crippen LogP contribution in [0.4, 0.5) is 11.4 Å². The summed E-state index contributed by atoms with van der Waals surface area (Å²) in [6.07, 6.45) is 11.4. The van der Waals surface area contributed by atoms with Crippen molar-refractivity contribution in [2.45, 2.75) is 84.0 Å². The van der Waals surface area contributed by atoms with Crippen LogP contribution in [0.1, 0.15) is 84.3 Å². The van der Waals surface area contributed by atoms with Gasteiger partial charge < -0.3 is 22.4 Å². The lowest BCUT2D eigenvalue weighted by Gasteiger charge is -2.25. The van der Waals surface area contributed by atoms with Gasteiger partial charge in [0.2, 0.25) is 5.69 Å². The Labute approximate surface area is 313 Å². The van der Waals surface area contributed by atoms with Gasteiger partial charge in [0.1, 0.15) is 6.54 Å². The number of fused-ring (bicyclic) bond motifs is 6. The molecule has 1 aliphatic carbocycles. The first kappa shape index (κ1) is 36.7. The Morgan fingerprint density at radius 1 is 0.902 bits per heavy atom. The normalized spacial score (nSPS) is 18.8. The zero-order valence-corrected chi connectivity index (χ0v) is 31.9. The van der Waals surface area contributed by atoms with Crippen LogP contribution in [0.25, 0.3) is 21.5 Å². The molecule has 0 amide bonds. The van der Waals surface area contributed by atoms with Gasteiger partial charge in [-0.3, -0.25) is 4.79 Å². The number of carboxylic acids is 1. The molecule has 0 aromatic heterocycles. The van der Waals surface area contributed by atoms with Crippen molar-refractivity contribution in [3.05, 3.63) is 124 Å². The summed E-state index contributed by atoms with van der Waals surface area (Å²) in [4.78, 5) is 13.5. The van der Waals surface area contributed by atoms with E-state index in [1.807, 2.05) is 0 Å². The first-order valence-corrected chi connectivity index (χ1v) is 18.6. The molecule has 4 aromatic rings. The van der Waals surface area contributed by atoms with Crippen LogP contribution in [0.15, 0.2) is 113 Å². The summed E-state index contributed by atoms with van der Waals surface area (Å²) in [7, 11) is 0. The molecule has 1 unspecified atom stereocenters. The molecular formula is C45H48Cl2N2O2. The number of carbonyl (C=O) groups is 1. The SMILES string of the molecule is CC[N+]1=C(/C=C/C2=C(Cl)C(C=C=C3N(CCCCCC(=O)O)c4ccc5ccccc5c4C3(C)C)CC2)C(C)(C)c2c1ccc1ccccc21.[Cl-]. The number of hydrogen-bond donors (Lipinski definition) is 1. The fourth-order valence-electron chi connectivity index (χ4n) is 8.78. The predicted molar refractivity (Wildman–Crippen MR) is 209 cm³/mol. The number of hydrogen-bond acceptors (Lipinski definition) is 2. The van der Waals surface area contributed by atoms with Gasteiger partial charge in [0.15, 0.2) is 5.71 Å². The molecule has 0 saturated heterocycles. The average Bonchev–Trinajstić information content (AvgIpc) is 3.64. The highest BCUT2D eigenvalue weighted by Gasteiger charge is 2.45. The molecule has 4 aromatic carbocycles. The van der Waals surface area contributed by atoms with Crippen LogP contribution in [0.5, 0.6) is 0 Å². The van der Waals surface area contributed by atoms with Gasteiger partial charge in [0.25, 0.3) is 0 Å². The van der Waals surface area contributed by atoms with Crippen molar-refractivity contribution in [2.24, 2.45) is 5.92 Å². The van der Waals surface area contributed by atoms with Crippen LogP contribution in [-0.2, 0) is 15.6 Å². The summed E-state index contributed by atoms with van der Waals surface area (Å²) >= 11 is 7.21. The molecule has 264 valence electrons. The van der Waals surface area contributed by atoms with Gasteiger partial charge in [-0.05, 0) is 111 Å². The van der Waals surface area contributed by atoms with Crippen LogP contribution in [-0.4, -0.2) is 34.5 Å². The van der Waals surface area contributed by atoms with E-state index in [0.717, 1.165) is 49.5 Å². The zero-order chi connectivity index (χ0) is 35.2. The molecule has 6 heteroatoms. The van der Waals surface area contributed by atoms with E-state index in [1.165, 1.54) is 55.3 Å². The molecule has 0 fully saturated rings. The molecule has 2 aliphatic heterocycles. The van der Waals surface area contributed by atoms with Crippen LogP contribution in [0, 0.1) is 5.92 Å². The smallest absolute Gasteiger partial charge is 0.303 e. The van der Waals surface area contributed by atoms with Gasteiger partial charge in [-0.2, -0.15) is 4.58 Å². The standard InChI is InChI=1S/C45H47ClN2O2.ClH/c1-6-47-36-25-21-30-14-9-11-16-34(30)41(36)44(2,3)38(47)27-23-32-19-20-33(43(32)46)24-28-39-45(4,5)42-35-17-12-10-15-31(35)22-26-37(42)48(39)29-13-7-8-18-40(49)50;/h9-12,14-17,21-27,33H,6-8,13,18-20,29H2,1-5H3;1H/b27-23+;. The van der Waals surface area contributed by atoms with E-state index in [0.29, 0.717) is 6.42 Å². The minimum atomic E-state index is -0.727. The predicted octanol–water partition coefficient (Wildman–Crippen LogP) is 8.33. The number of nitrogens with zero attached hydrogens (tertiary/aromatic N) is 2. The number of aliphatic carboxylic acids is 1. The van der Waals surface area contributed by atoms with Gasteiger partial charge in [-0.25, -0.2) is 0 Å². The lowest BCUT2D eigenvalue weighted by atomic mass is 9.79. The first-order valence-electron chi connectivity index (χ1n) is 18.3. The monoisotopic (exact) mass is 718 g/mol.